The number of sulfone groups is 1. The number of rotatable bonds is 4. The first-order valence-electron chi connectivity index (χ1n) is 4.69. The summed E-state index contributed by atoms with van der Waals surface area (Å²) in [6.45, 7) is 3.50. The van der Waals surface area contributed by atoms with E-state index in [4.69, 9.17) is 0 Å². The molecule has 0 saturated heterocycles. The molecule has 0 aliphatic carbocycles. The van der Waals surface area contributed by atoms with Gasteiger partial charge >= 0.3 is 0 Å². The van der Waals surface area contributed by atoms with Gasteiger partial charge in [-0.05, 0) is 43.3 Å². The van der Waals surface area contributed by atoms with E-state index in [2.05, 4.69) is 5.32 Å². The summed E-state index contributed by atoms with van der Waals surface area (Å²) in [4.78, 5) is 0. The van der Waals surface area contributed by atoms with Crippen LogP contribution in [0.15, 0.2) is 16.8 Å². The van der Waals surface area contributed by atoms with E-state index in [0.29, 0.717) is 0 Å². The molecule has 0 saturated carbocycles. The highest BCUT2D eigenvalue weighted by Crippen LogP contribution is 2.32. The lowest BCUT2D eigenvalue weighted by Gasteiger charge is -2.32. The van der Waals surface area contributed by atoms with Gasteiger partial charge in [-0.15, -0.1) is 0 Å². The average molecular weight is 247 g/mol. The van der Waals surface area contributed by atoms with Crippen molar-refractivity contribution in [2.75, 3.05) is 13.3 Å². The summed E-state index contributed by atoms with van der Waals surface area (Å²) in [6, 6.07) is 1.79. The second kappa shape index (κ2) is 4.23. The smallest absolute Gasteiger partial charge is 0.154 e. The average Bonchev–Trinajstić information content (AvgIpc) is 2.55. The molecular formula is C10H17NO2S2. The van der Waals surface area contributed by atoms with Crippen molar-refractivity contribution in [3.63, 3.8) is 0 Å². The highest BCUT2D eigenvalue weighted by Gasteiger charge is 2.39. The summed E-state index contributed by atoms with van der Waals surface area (Å²) in [5, 5.41) is 7.02. The van der Waals surface area contributed by atoms with E-state index in [1.54, 1.807) is 32.2 Å². The largest absolute Gasteiger partial charge is 0.312 e. The maximum atomic E-state index is 11.7. The fourth-order valence-corrected chi connectivity index (χ4v) is 2.94. The second-order valence-corrected chi connectivity index (χ2v) is 7.53. The van der Waals surface area contributed by atoms with Gasteiger partial charge < -0.3 is 5.32 Å². The fraction of sp³-hybridized carbons (Fsp3) is 0.600. The van der Waals surface area contributed by atoms with Crippen LogP contribution in [0.3, 0.4) is 0 Å². The van der Waals surface area contributed by atoms with Crippen molar-refractivity contribution in [1.29, 1.82) is 0 Å². The van der Waals surface area contributed by atoms with Gasteiger partial charge in [0.1, 0.15) is 0 Å². The van der Waals surface area contributed by atoms with Gasteiger partial charge in [0.2, 0.25) is 0 Å². The summed E-state index contributed by atoms with van der Waals surface area (Å²) < 4.78 is 22.6. The van der Waals surface area contributed by atoms with Gasteiger partial charge in [0, 0.05) is 6.26 Å². The van der Waals surface area contributed by atoms with Crippen molar-refractivity contribution in [2.45, 2.75) is 24.6 Å². The molecule has 1 N–H and O–H groups in total. The highest BCUT2D eigenvalue weighted by molar-refractivity contribution is 7.92. The van der Waals surface area contributed by atoms with Gasteiger partial charge in [-0.2, -0.15) is 11.3 Å². The van der Waals surface area contributed by atoms with Gasteiger partial charge in [-0.25, -0.2) is 8.42 Å². The normalized spacial score (nSPS) is 15.2. The van der Waals surface area contributed by atoms with Crippen LogP contribution in [0, 0.1) is 0 Å². The van der Waals surface area contributed by atoms with Crippen LogP contribution in [0.4, 0.5) is 0 Å². The van der Waals surface area contributed by atoms with Crippen molar-refractivity contribution < 1.29 is 8.42 Å². The molecule has 1 heterocycles. The quantitative estimate of drug-likeness (QED) is 0.883. The Morgan fingerprint density at radius 3 is 2.40 bits per heavy atom. The van der Waals surface area contributed by atoms with Crippen molar-refractivity contribution in [2.24, 2.45) is 0 Å². The molecule has 1 unspecified atom stereocenters. The topological polar surface area (TPSA) is 46.2 Å². The molecule has 1 atom stereocenters. The van der Waals surface area contributed by atoms with E-state index in [1.165, 1.54) is 6.26 Å². The van der Waals surface area contributed by atoms with Crippen LogP contribution in [0.1, 0.15) is 25.5 Å². The number of hydrogen-bond acceptors (Lipinski definition) is 4. The van der Waals surface area contributed by atoms with Crippen LogP contribution in [-0.4, -0.2) is 26.5 Å². The van der Waals surface area contributed by atoms with Crippen molar-refractivity contribution in [1.82, 2.24) is 5.32 Å². The molecule has 0 fully saturated rings. The highest BCUT2D eigenvalue weighted by atomic mass is 32.2. The molecule has 3 nitrogen and oxygen atoms in total. The summed E-state index contributed by atoms with van der Waals surface area (Å²) in [5.41, 5.74) is 1.03. The van der Waals surface area contributed by atoms with Crippen LogP contribution >= 0.6 is 11.3 Å². The zero-order chi connectivity index (χ0) is 11.7. The number of hydrogen-bond donors (Lipinski definition) is 1. The Morgan fingerprint density at radius 2 is 2.07 bits per heavy atom. The van der Waals surface area contributed by atoms with E-state index in [-0.39, 0.29) is 6.04 Å². The molecule has 5 heteroatoms. The Hall–Kier alpha value is -0.390. The lowest BCUT2D eigenvalue weighted by Crippen LogP contribution is -2.43. The number of nitrogens with one attached hydrogen (secondary N) is 1. The molecule has 15 heavy (non-hydrogen) atoms. The van der Waals surface area contributed by atoms with E-state index in [1.807, 2.05) is 16.8 Å². The first kappa shape index (κ1) is 12.7. The third-order valence-electron chi connectivity index (χ3n) is 2.82. The minimum absolute atomic E-state index is 0.168. The van der Waals surface area contributed by atoms with Gasteiger partial charge in [0.15, 0.2) is 9.84 Å². The molecule has 86 valence electrons. The first-order valence-corrected chi connectivity index (χ1v) is 7.53. The Labute approximate surface area is 95.4 Å². The summed E-state index contributed by atoms with van der Waals surface area (Å²) in [5.74, 6) is 0. The molecule has 0 radical (unpaired) electrons. The van der Waals surface area contributed by atoms with E-state index < -0.39 is 14.6 Å². The monoisotopic (exact) mass is 247 g/mol. The molecule has 0 bridgehead atoms. The molecule has 1 aromatic rings. The molecule has 0 aliphatic rings. The maximum absolute atomic E-state index is 11.7. The third-order valence-corrected chi connectivity index (χ3v) is 5.66. The summed E-state index contributed by atoms with van der Waals surface area (Å²) in [6.07, 6.45) is 1.28. The van der Waals surface area contributed by atoms with Crippen LogP contribution in [0.5, 0.6) is 0 Å². The van der Waals surface area contributed by atoms with Gasteiger partial charge in [0.05, 0.1) is 10.8 Å². The SMILES string of the molecule is CNC(c1ccsc1)C(C)(C)S(C)(=O)=O. The van der Waals surface area contributed by atoms with Crippen molar-refractivity contribution in [3.05, 3.63) is 22.4 Å². The Balaban J connectivity index is 3.14. The molecule has 0 aromatic carbocycles. The second-order valence-electron chi connectivity index (χ2n) is 4.15. The molecule has 1 rings (SSSR count). The predicted octanol–water partition coefficient (Wildman–Crippen LogP) is 1.83. The Morgan fingerprint density at radius 1 is 1.47 bits per heavy atom. The van der Waals surface area contributed by atoms with Gasteiger partial charge in [0.25, 0.3) is 0 Å². The summed E-state index contributed by atoms with van der Waals surface area (Å²) >= 11 is 1.58. The molecular weight excluding hydrogens is 230 g/mol. The predicted molar refractivity (Wildman–Crippen MR) is 65.0 cm³/mol. The van der Waals surface area contributed by atoms with Crippen LogP contribution in [0.25, 0.3) is 0 Å². The van der Waals surface area contributed by atoms with Gasteiger partial charge in [-0.3, -0.25) is 0 Å². The van der Waals surface area contributed by atoms with E-state index in [0.717, 1.165) is 5.56 Å². The lowest BCUT2D eigenvalue weighted by molar-refractivity contribution is 0.447. The molecule has 0 amide bonds. The molecule has 0 aliphatic heterocycles. The first-order chi connectivity index (χ1) is 6.80. The zero-order valence-corrected chi connectivity index (χ0v) is 11.1. The van der Waals surface area contributed by atoms with Gasteiger partial charge in [-0.1, -0.05) is 0 Å². The van der Waals surface area contributed by atoms with Crippen LogP contribution < -0.4 is 5.32 Å². The zero-order valence-electron chi connectivity index (χ0n) is 9.44. The molecule has 1 aromatic heterocycles. The van der Waals surface area contributed by atoms with Crippen LogP contribution in [-0.2, 0) is 9.84 Å². The number of thiophene rings is 1. The fourth-order valence-electron chi connectivity index (χ4n) is 1.57. The Kier molecular flexibility index (Phi) is 3.58. The molecule has 0 spiro atoms. The maximum Gasteiger partial charge on any atom is 0.154 e. The third kappa shape index (κ3) is 2.41. The van der Waals surface area contributed by atoms with E-state index in [9.17, 15) is 8.42 Å². The van der Waals surface area contributed by atoms with E-state index >= 15 is 0 Å². The lowest BCUT2D eigenvalue weighted by atomic mass is 9.98. The van der Waals surface area contributed by atoms with Crippen molar-refractivity contribution in [3.8, 4) is 0 Å². The minimum Gasteiger partial charge on any atom is -0.312 e. The Bertz CT molecular complexity index is 407. The standard InChI is InChI=1S/C10H17NO2S2/c1-10(2,15(4,12)13)9(11-3)8-5-6-14-7-8/h5-7,9,11H,1-4H3. The van der Waals surface area contributed by atoms with Crippen LogP contribution in [0.2, 0.25) is 0 Å². The summed E-state index contributed by atoms with van der Waals surface area (Å²) in [7, 11) is -1.31. The van der Waals surface area contributed by atoms with Crippen molar-refractivity contribution >= 4 is 21.2 Å². The minimum atomic E-state index is -3.10.